The van der Waals surface area contributed by atoms with Crippen molar-refractivity contribution < 1.29 is 9.57 Å². The SMILES string of the molecule is CC1=NOCC1COc1ccc(Br)cc1. The van der Waals surface area contributed by atoms with Gasteiger partial charge in [0, 0.05) is 4.47 Å². The molecule has 0 amide bonds. The van der Waals surface area contributed by atoms with Crippen LogP contribution in [0.25, 0.3) is 0 Å². The number of hydrogen-bond acceptors (Lipinski definition) is 3. The average Bonchev–Trinajstić information content (AvgIpc) is 2.63. The molecule has 1 heterocycles. The van der Waals surface area contributed by atoms with Crippen LogP contribution in [0.1, 0.15) is 6.92 Å². The summed E-state index contributed by atoms with van der Waals surface area (Å²) in [5, 5.41) is 3.87. The standard InChI is InChI=1S/C11H12BrNO2/c1-8-9(7-15-13-8)6-14-11-4-2-10(12)3-5-11/h2-5,9H,6-7H2,1H3. The van der Waals surface area contributed by atoms with Crippen molar-refractivity contribution >= 4 is 21.6 Å². The van der Waals surface area contributed by atoms with Crippen molar-refractivity contribution in [3.8, 4) is 5.75 Å². The van der Waals surface area contributed by atoms with Crippen LogP contribution in [0.4, 0.5) is 0 Å². The van der Waals surface area contributed by atoms with Gasteiger partial charge in [-0.25, -0.2) is 0 Å². The van der Waals surface area contributed by atoms with Crippen LogP contribution in [0.5, 0.6) is 5.75 Å². The smallest absolute Gasteiger partial charge is 0.128 e. The molecular formula is C11H12BrNO2. The molecule has 2 rings (SSSR count). The Bertz CT molecular complexity index is 361. The number of rotatable bonds is 3. The van der Waals surface area contributed by atoms with Gasteiger partial charge in [-0.05, 0) is 31.2 Å². The molecule has 0 aliphatic carbocycles. The second-order valence-corrected chi connectivity index (χ2v) is 4.41. The van der Waals surface area contributed by atoms with Crippen LogP contribution in [0.2, 0.25) is 0 Å². The molecule has 1 aliphatic heterocycles. The summed E-state index contributed by atoms with van der Waals surface area (Å²) in [6, 6.07) is 7.79. The second-order valence-electron chi connectivity index (χ2n) is 3.49. The van der Waals surface area contributed by atoms with Crippen molar-refractivity contribution in [1.29, 1.82) is 0 Å². The maximum atomic E-state index is 5.63. The summed E-state index contributed by atoms with van der Waals surface area (Å²) in [4.78, 5) is 4.98. The summed E-state index contributed by atoms with van der Waals surface area (Å²) in [5.74, 6) is 1.16. The lowest BCUT2D eigenvalue weighted by atomic mass is 10.1. The number of benzene rings is 1. The zero-order valence-corrected chi connectivity index (χ0v) is 10.0. The third-order valence-electron chi connectivity index (χ3n) is 2.34. The maximum absolute atomic E-state index is 5.63. The van der Waals surface area contributed by atoms with Gasteiger partial charge in [0.1, 0.15) is 12.4 Å². The van der Waals surface area contributed by atoms with Crippen molar-refractivity contribution in [1.82, 2.24) is 0 Å². The highest BCUT2D eigenvalue weighted by Gasteiger charge is 2.19. The lowest BCUT2D eigenvalue weighted by molar-refractivity contribution is 0.137. The molecule has 3 nitrogen and oxygen atoms in total. The minimum atomic E-state index is 0.286. The fourth-order valence-electron chi connectivity index (χ4n) is 1.32. The molecule has 0 N–H and O–H groups in total. The van der Waals surface area contributed by atoms with Gasteiger partial charge in [-0.3, -0.25) is 0 Å². The molecule has 0 spiro atoms. The Morgan fingerprint density at radius 1 is 1.47 bits per heavy atom. The van der Waals surface area contributed by atoms with Gasteiger partial charge >= 0.3 is 0 Å². The molecule has 0 bridgehead atoms. The molecule has 0 saturated carbocycles. The third-order valence-corrected chi connectivity index (χ3v) is 2.87. The summed E-state index contributed by atoms with van der Waals surface area (Å²) in [5.41, 5.74) is 1.01. The monoisotopic (exact) mass is 269 g/mol. The van der Waals surface area contributed by atoms with E-state index in [1.165, 1.54) is 0 Å². The molecule has 0 aromatic heterocycles. The molecule has 1 aromatic carbocycles. The first kappa shape index (κ1) is 10.5. The lowest BCUT2D eigenvalue weighted by Gasteiger charge is -2.10. The van der Waals surface area contributed by atoms with Crippen molar-refractivity contribution in [2.75, 3.05) is 13.2 Å². The van der Waals surface area contributed by atoms with E-state index >= 15 is 0 Å². The first-order valence-electron chi connectivity index (χ1n) is 4.80. The molecule has 80 valence electrons. The topological polar surface area (TPSA) is 30.8 Å². The summed E-state index contributed by atoms with van der Waals surface area (Å²) >= 11 is 3.38. The van der Waals surface area contributed by atoms with Crippen LogP contribution >= 0.6 is 15.9 Å². The minimum absolute atomic E-state index is 0.286. The van der Waals surface area contributed by atoms with Crippen LogP contribution in [-0.4, -0.2) is 18.9 Å². The highest BCUT2D eigenvalue weighted by molar-refractivity contribution is 9.10. The molecule has 0 saturated heterocycles. The second kappa shape index (κ2) is 4.66. The van der Waals surface area contributed by atoms with Gasteiger partial charge in [0.25, 0.3) is 0 Å². The van der Waals surface area contributed by atoms with Crippen molar-refractivity contribution in [3.63, 3.8) is 0 Å². The number of oxime groups is 1. The lowest BCUT2D eigenvalue weighted by Crippen LogP contribution is -2.19. The molecule has 1 atom stereocenters. The first-order chi connectivity index (χ1) is 7.25. The van der Waals surface area contributed by atoms with E-state index in [1.54, 1.807) is 0 Å². The highest BCUT2D eigenvalue weighted by atomic mass is 79.9. The van der Waals surface area contributed by atoms with E-state index < -0.39 is 0 Å². The zero-order chi connectivity index (χ0) is 10.7. The van der Waals surface area contributed by atoms with Crippen LogP contribution in [0, 0.1) is 5.92 Å². The Morgan fingerprint density at radius 3 is 2.80 bits per heavy atom. The van der Waals surface area contributed by atoms with Gasteiger partial charge in [-0.2, -0.15) is 0 Å². The quantitative estimate of drug-likeness (QED) is 0.845. The van der Waals surface area contributed by atoms with Crippen molar-refractivity contribution in [3.05, 3.63) is 28.7 Å². The van der Waals surface area contributed by atoms with Gasteiger partial charge in [0.05, 0.1) is 18.2 Å². The van der Waals surface area contributed by atoms with Gasteiger partial charge in [-0.1, -0.05) is 21.1 Å². The first-order valence-corrected chi connectivity index (χ1v) is 5.60. The predicted octanol–water partition coefficient (Wildman–Crippen LogP) is 2.85. The number of halogens is 1. The Labute approximate surface area is 97.2 Å². The van der Waals surface area contributed by atoms with E-state index in [-0.39, 0.29) is 5.92 Å². The molecule has 1 unspecified atom stereocenters. The van der Waals surface area contributed by atoms with Crippen LogP contribution in [0.15, 0.2) is 33.9 Å². The summed E-state index contributed by atoms with van der Waals surface area (Å²) in [7, 11) is 0. The van der Waals surface area contributed by atoms with E-state index in [0.29, 0.717) is 13.2 Å². The Balaban J connectivity index is 1.88. The Morgan fingerprint density at radius 2 is 2.20 bits per heavy atom. The molecule has 1 aliphatic rings. The number of nitrogens with zero attached hydrogens (tertiary/aromatic N) is 1. The number of ether oxygens (including phenoxy) is 1. The molecule has 15 heavy (non-hydrogen) atoms. The van der Waals surface area contributed by atoms with E-state index in [9.17, 15) is 0 Å². The number of hydrogen-bond donors (Lipinski definition) is 0. The van der Waals surface area contributed by atoms with Crippen LogP contribution in [-0.2, 0) is 4.84 Å². The largest absolute Gasteiger partial charge is 0.493 e. The van der Waals surface area contributed by atoms with E-state index in [4.69, 9.17) is 9.57 Å². The maximum Gasteiger partial charge on any atom is 0.128 e. The molecular weight excluding hydrogens is 258 g/mol. The summed E-state index contributed by atoms with van der Waals surface area (Å²) in [6.45, 7) is 3.21. The molecule has 0 fully saturated rings. The van der Waals surface area contributed by atoms with Gasteiger partial charge in [0.2, 0.25) is 0 Å². The van der Waals surface area contributed by atoms with Gasteiger partial charge in [-0.15, -0.1) is 0 Å². The molecule has 4 heteroatoms. The third kappa shape index (κ3) is 2.72. The Hall–Kier alpha value is -1.03. The van der Waals surface area contributed by atoms with E-state index in [1.807, 2.05) is 31.2 Å². The fraction of sp³-hybridized carbons (Fsp3) is 0.364. The van der Waals surface area contributed by atoms with Crippen LogP contribution < -0.4 is 4.74 Å². The van der Waals surface area contributed by atoms with Gasteiger partial charge in [0.15, 0.2) is 0 Å². The highest BCUT2D eigenvalue weighted by Crippen LogP contribution is 2.18. The normalized spacial score (nSPS) is 19.6. The van der Waals surface area contributed by atoms with Crippen molar-refractivity contribution in [2.24, 2.45) is 11.1 Å². The van der Waals surface area contributed by atoms with Crippen molar-refractivity contribution in [2.45, 2.75) is 6.92 Å². The average molecular weight is 270 g/mol. The van der Waals surface area contributed by atoms with Gasteiger partial charge < -0.3 is 9.57 Å². The predicted molar refractivity (Wildman–Crippen MR) is 62.2 cm³/mol. The summed E-state index contributed by atoms with van der Waals surface area (Å²) in [6.07, 6.45) is 0. The molecule has 0 radical (unpaired) electrons. The van der Waals surface area contributed by atoms with E-state index in [0.717, 1.165) is 15.9 Å². The summed E-state index contributed by atoms with van der Waals surface area (Å²) < 4.78 is 6.69. The zero-order valence-electron chi connectivity index (χ0n) is 8.44. The van der Waals surface area contributed by atoms with E-state index in [2.05, 4.69) is 21.1 Å². The Kier molecular flexibility index (Phi) is 3.26. The fourth-order valence-corrected chi connectivity index (χ4v) is 1.58. The van der Waals surface area contributed by atoms with Crippen LogP contribution in [0.3, 0.4) is 0 Å². The molecule has 1 aromatic rings. The minimum Gasteiger partial charge on any atom is -0.493 e.